The molecule has 3 nitrogen and oxygen atoms in total. The number of fused-ring (bicyclic) bond motifs is 1. The lowest BCUT2D eigenvalue weighted by Gasteiger charge is -2.14. The normalized spacial score (nSPS) is 14.7. The van der Waals surface area contributed by atoms with Crippen molar-refractivity contribution >= 4 is 5.91 Å². The second kappa shape index (κ2) is 6.55. The molecule has 0 saturated carbocycles. The molecule has 1 amide bonds. The molecule has 1 aliphatic rings. The molecule has 1 atom stereocenters. The van der Waals surface area contributed by atoms with Gasteiger partial charge in [-0.15, -0.1) is 0 Å². The zero-order valence-corrected chi connectivity index (χ0v) is 13.7. The molecular formula is C20H23NO2. The van der Waals surface area contributed by atoms with Gasteiger partial charge >= 0.3 is 0 Å². The first kappa shape index (κ1) is 15.8. The van der Waals surface area contributed by atoms with Crippen molar-refractivity contribution < 1.29 is 9.90 Å². The molecule has 120 valence electrons. The van der Waals surface area contributed by atoms with Gasteiger partial charge in [0, 0.05) is 19.5 Å². The van der Waals surface area contributed by atoms with E-state index in [1.54, 1.807) is 0 Å². The highest BCUT2D eigenvalue weighted by Gasteiger charge is 2.23. The summed E-state index contributed by atoms with van der Waals surface area (Å²) in [6, 6.07) is 14.0. The predicted molar refractivity (Wildman–Crippen MR) is 90.8 cm³/mol. The molecule has 0 bridgehead atoms. The third kappa shape index (κ3) is 3.30. The van der Waals surface area contributed by atoms with Crippen LogP contribution in [0.5, 0.6) is 0 Å². The maximum atomic E-state index is 12.1. The number of amides is 1. The molecule has 0 saturated heterocycles. The Morgan fingerprint density at radius 2 is 1.74 bits per heavy atom. The minimum Gasteiger partial charge on any atom is -0.384 e. The second-order valence-electron chi connectivity index (χ2n) is 6.34. The fourth-order valence-electron chi connectivity index (χ4n) is 3.07. The van der Waals surface area contributed by atoms with Crippen molar-refractivity contribution in [2.24, 2.45) is 0 Å². The average Bonchev–Trinajstić information content (AvgIpc) is 2.98. The summed E-state index contributed by atoms with van der Waals surface area (Å²) in [6.07, 6.45) is 0.858. The van der Waals surface area contributed by atoms with Gasteiger partial charge in [0.05, 0.1) is 0 Å². The molecule has 0 fully saturated rings. The highest BCUT2D eigenvalue weighted by Crippen LogP contribution is 2.29. The third-order valence-electron chi connectivity index (χ3n) is 4.48. The van der Waals surface area contributed by atoms with Gasteiger partial charge in [-0.05, 0) is 35.6 Å². The summed E-state index contributed by atoms with van der Waals surface area (Å²) in [5, 5.41) is 10.6. The first-order valence-electron chi connectivity index (χ1n) is 8.22. The Balaban J connectivity index is 1.79. The Morgan fingerprint density at radius 3 is 2.43 bits per heavy atom. The number of hydrogen-bond donors (Lipinski definition) is 1. The summed E-state index contributed by atoms with van der Waals surface area (Å²) in [6.45, 7) is 5.41. The highest BCUT2D eigenvalue weighted by atomic mass is 16.3. The van der Waals surface area contributed by atoms with E-state index in [0.717, 1.165) is 23.1 Å². The number of carbonyl (C=O) groups excluding carboxylic acids is 1. The number of aliphatic hydroxyl groups is 1. The van der Waals surface area contributed by atoms with E-state index < -0.39 is 6.10 Å². The number of nitrogens with zero attached hydrogens (tertiary/aromatic N) is 1. The number of aryl methyl sites for hydroxylation is 1. The molecule has 1 aliphatic heterocycles. The van der Waals surface area contributed by atoms with Crippen LogP contribution >= 0.6 is 0 Å². The minimum absolute atomic E-state index is 0.212. The molecule has 1 unspecified atom stereocenters. The number of hydrogen-bond acceptors (Lipinski definition) is 2. The van der Waals surface area contributed by atoms with E-state index in [4.69, 9.17) is 0 Å². The maximum Gasteiger partial charge on any atom is 0.223 e. The van der Waals surface area contributed by atoms with Gasteiger partial charge < -0.3 is 10.0 Å². The zero-order chi connectivity index (χ0) is 16.4. The summed E-state index contributed by atoms with van der Waals surface area (Å²) < 4.78 is 0. The van der Waals surface area contributed by atoms with Gasteiger partial charge in [-0.25, -0.2) is 0 Å². The largest absolute Gasteiger partial charge is 0.384 e. The molecule has 2 aromatic rings. The van der Waals surface area contributed by atoms with Gasteiger partial charge in [0.25, 0.3) is 0 Å². The fourth-order valence-corrected chi connectivity index (χ4v) is 3.07. The molecule has 0 spiro atoms. The fraction of sp³-hybridized carbons (Fsp3) is 0.350. The number of rotatable bonds is 4. The quantitative estimate of drug-likeness (QED) is 0.935. The summed E-state index contributed by atoms with van der Waals surface area (Å²) in [7, 11) is 0. The highest BCUT2D eigenvalue weighted by molar-refractivity contribution is 5.76. The zero-order valence-electron chi connectivity index (χ0n) is 13.7. The van der Waals surface area contributed by atoms with Crippen molar-refractivity contribution in [3.05, 3.63) is 70.3 Å². The van der Waals surface area contributed by atoms with E-state index in [1.165, 1.54) is 11.1 Å². The lowest BCUT2D eigenvalue weighted by molar-refractivity contribution is -0.131. The molecule has 0 radical (unpaired) electrons. The topological polar surface area (TPSA) is 40.5 Å². The van der Waals surface area contributed by atoms with Crippen LogP contribution in [0.2, 0.25) is 0 Å². The standard InChI is InChI=1S/C20H23NO2/c1-3-4-19(22)21-12-17-10-9-16(11-18(17)13-21)20(23)15-7-5-14(2)6-8-15/h5-11,20,23H,3-4,12-13H2,1-2H3. The molecule has 3 heteroatoms. The van der Waals surface area contributed by atoms with E-state index >= 15 is 0 Å². The third-order valence-corrected chi connectivity index (χ3v) is 4.48. The van der Waals surface area contributed by atoms with Crippen LogP contribution in [0, 0.1) is 6.92 Å². The Bertz CT molecular complexity index is 706. The molecule has 0 aliphatic carbocycles. The van der Waals surface area contributed by atoms with Crippen molar-refractivity contribution in [1.29, 1.82) is 0 Å². The van der Waals surface area contributed by atoms with Crippen molar-refractivity contribution in [3.8, 4) is 0 Å². The average molecular weight is 309 g/mol. The smallest absolute Gasteiger partial charge is 0.223 e. The molecule has 1 N–H and O–H groups in total. The summed E-state index contributed by atoms with van der Waals surface area (Å²) >= 11 is 0. The van der Waals surface area contributed by atoms with Crippen molar-refractivity contribution in [1.82, 2.24) is 4.90 Å². The summed E-state index contributed by atoms with van der Waals surface area (Å²) in [5.41, 5.74) is 5.30. The Kier molecular flexibility index (Phi) is 4.49. The Morgan fingerprint density at radius 1 is 1.09 bits per heavy atom. The van der Waals surface area contributed by atoms with Crippen LogP contribution in [0.4, 0.5) is 0 Å². The van der Waals surface area contributed by atoms with Gasteiger partial charge in [-0.2, -0.15) is 0 Å². The SMILES string of the molecule is CCCC(=O)N1Cc2ccc(C(O)c3ccc(C)cc3)cc2C1. The predicted octanol–water partition coefficient (Wildman–Crippen LogP) is 3.72. The first-order valence-corrected chi connectivity index (χ1v) is 8.22. The molecular weight excluding hydrogens is 286 g/mol. The molecule has 1 heterocycles. The van der Waals surface area contributed by atoms with E-state index in [-0.39, 0.29) is 5.91 Å². The van der Waals surface area contributed by atoms with Gasteiger partial charge in [0.15, 0.2) is 0 Å². The van der Waals surface area contributed by atoms with E-state index in [9.17, 15) is 9.90 Å². The molecule has 2 aromatic carbocycles. The van der Waals surface area contributed by atoms with Crippen LogP contribution in [0.25, 0.3) is 0 Å². The van der Waals surface area contributed by atoms with Crippen LogP contribution < -0.4 is 0 Å². The molecule has 0 aromatic heterocycles. The van der Waals surface area contributed by atoms with Crippen LogP contribution in [-0.4, -0.2) is 15.9 Å². The van der Waals surface area contributed by atoms with Crippen LogP contribution in [-0.2, 0) is 17.9 Å². The Labute approximate surface area is 137 Å². The number of aliphatic hydroxyl groups excluding tert-OH is 1. The lowest BCUT2D eigenvalue weighted by atomic mass is 9.97. The second-order valence-corrected chi connectivity index (χ2v) is 6.34. The van der Waals surface area contributed by atoms with Crippen LogP contribution in [0.1, 0.15) is 53.7 Å². The maximum absolute atomic E-state index is 12.1. The van der Waals surface area contributed by atoms with Gasteiger partial charge in [-0.1, -0.05) is 55.0 Å². The number of benzene rings is 2. The number of carbonyl (C=O) groups is 1. The van der Waals surface area contributed by atoms with E-state index in [1.807, 2.05) is 61.2 Å². The van der Waals surface area contributed by atoms with E-state index in [0.29, 0.717) is 19.5 Å². The van der Waals surface area contributed by atoms with Crippen molar-refractivity contribution in [2.75, 3.05) is 0 Å². The minimum atomic E-state index is -0.624. The van der Waals surface area contributed by atoms with Gasteiger partial charge in [0.2, 0.25) is 5.91 Å². The van der Waals surface area contributed by atoms with Crippen LogP contribution in [0.15, 0.2) is 42.5 Å². The van der Waals surface area contributed by atoms with Crippen molar-refractivity contribution in [3.63, 3.8) is 0 Å². The lowest BCUT2D eigenvalue weighted by Crippen LogP contribution is -2.24. The van der Waals surface area contributed by atoms with Gasteiger partial charge in [0.1, 0.15) is 6.10 Å². The summed E-state index contributed by atoms with van der Waals surface area (Å²) in [4.78, 5) is 14.0. The molecule has 23 heavy (non-hydrogen) atoms. The molecule has 3 rings (SSSR count). The first-order chi connectivity index (χ1) is 11.1. The van der Waals surface area contributed by atoms with Crippen molar-refractivity contribution in [2.45, 2.75) is 45.9 Å². The van der Waals surface area contributed by atoms with Crippen LogP contribution in [0.3, 0.4) is 0 Å². The van der Waals surface area contributed by atoms with E-state index in [2.05, 4.69) is 0 Å². The van der Waals surface area contributed by atoms with Gasteiger partial charge in [-0.3, -0.25) is 4.79 Å². The summed E-state index contributed by atoms with van der Waals surface area (Å²) in [5.74, 6) is 0.212. The Hall–Kier alpha value is -2.13. The monoisotopic (exact) mass is 309 g/mol.